The van der Waals surface area contributed by atoms with Crippen molar-refractivity contribution >= 4 is 11.9 Å². The van der Waals surface area contributed by atoms with Gasteiger partial charge in [0.05, 0.1) is 6.04 Å². The molecule has 1 saturated carbocycles. The summed E-state index contributed by atoms with van der Waals surface area (Å²) in [4.78, 5) is 26.5. The molecule has 0 radical (unpaired) electrons. The first-order valence-corrected chi connectivity index (χ1v) is 9.45. The fraction of sp³-hybridized carbons (Fsp3) is 0.600. The van der Waals surface area contributed by atoms with Crippen LogP contribution in [0.3, 0.4) is 0 Å². The Labute approximate surface area is 150 Å². The zero-order valence-electron chi connectivity index (χ0n) is 15.2. The molecule has 3 amide bonds. The molecule has 0 aromatic heterocycles. The third-order valence-corrected chi connectivity index (χ3v) is 5.18. The van der Waals surface area contributed by atoms with E-state index < -0.39 is 0 Å². The maximum absolute atomic E-state index is 12.4. The van der Waals surface area contributed by atoms with Crippen molar-refractivity contribution in [2.75, 3.05) is 13.1 Å². The molecule has 1 aliphatic heterocycles. The van der Waals surface area contributed by atoms with E-state index in [9.17, 15) is 9.59 Å². The minimum absolute atomic E-state index is 0.00210. The number of urea groups is 1. The maximum atomic E-state index is 12.4. The lowest BCUT2D eigenvalue weighted by atomic mass is 9.96. The van der Waals surface area contributed by atoms with Crippen molar-refractivity contribution in [3.8, 4) is 0 Å². The smallest absolute Gasteiger partial charge is 0.315 e. The SMILES string of the molecule is CC(C)[C@H](NC(=O)NC1CCN(C(=O)C2CC2)CC1)c1ccccc1. The normalized spacial score (nSPS) is 19.6. The van der Waals surface area contributed by atoms with Crippen molar-refractivity contribution in [3.05, 3.63) is 35.9 Å². The summed E-state index contributed by atoms with van der Waals surface area (Å²) in [6.07, 6.45) is 3.78. The number of hydrogen-bond acceptors (Lipinski definition) is 2. The summed E-state index contributed by atoms with van der Waals surface area (Å²) in [5, 5.41) is 6.20. The number of carbonyl (C=O) groups is 2. The van der Waals surface area contributed by atoms with Crippen LogP contribution in [0.2, 0.25) is 0 Å². The van der Waals surface area contributed by atoms with E-state index in [1.54, 1.807) is 0 Å². The van der Waals surface area contributed by atoms with Gasteiger partial charge in [-0.2, -0.15) is 0 Å². The molecule has 1 aromatic carbocycles. The number of benzene rings is 1. The lowest BCUT2D eigenvalue weighted by molar-refractivity contribution is -0.133. The van der Waals surface area contributed by atoms with Gasteiger partial charge in [-0.1, -0.05) is 44.2 Å². The van der Waals surface area contributed by atoms with Crippen LogP contribution >= 0.6 is 0 Å². The Morgan fingerprint density at radius 3 is 2.24 bits per heavy atom. The molecular formula is C20H29N3O2. The average Bonchev–Trinajstić information content (AvgIpc) is 3.45. The molecule has 0 unspecified atom stereocenters. The van der Waals surface area contributed by atoms with Crippen molar-refractivity contribution in [2.24, 2.45) is 11.8 Å². The minimum Gasteiger partial charge on any atom is -0.342 e. The number of nitrogens with zero attached hydrogens (tertiary/aromatic N) is 1. The van der Waals surface area contributed by atoms with Crippen LogP contribution in [0.15, 0.2) is 30.3 Å². The van der Waals surface area contributed by atoms with Crippen LogP contribution in [0.25, 0.3) is 0 Å². The van der Waals surface area contributed by atoms with Gasteiger partial charge in [0.15, 0.2) is 0 Å². The Hall–Kier alpha value is -2.04. The predicted molar refractivity (Wildman–Crippen MR) is 98.0 cm³/mol. The first kappa shape index (κ1) is 17.8. The molecule has 0 bridgehead atoms. The van der Waals surface area contributed by atoms with Crippen LogP contribution in [-0.4, -0.2) is 36.0 Å². The largest absolute Gasteiger partial charge is 0.342 e. The lowest BCUT2D eigenvalue weighted by Gasteiger charge is -2.33. The van der Waals surface area contributed by atoms with Crippen molar-refractivity contribution in [1.82, 2.24) is 15.5 Å². The topological polar surface area (TPSA) is 61.4 Å². The predicted octanol–water partition coefficient (Wildman–Crippen LogP) is 3.08. The fourth-order valence-electron chi connectivity index (χ4n) is 3.50. The molecular weight excluding hydrogens is 314 g/mol. The lowest BCUT2D eigenvalue weighted by Crippen LogP contribution is -2.50. The second-order valence-corrected chi connectivity index (χ2v) is 7.62. The number of hydrogen-bond donors (Lipinski definition) is 2. The van der Waals surface area contributed by atoms with E-state index in [-0.39, 0.29) is 24.0 Å². The van der Waals surface area contributed by atoms with Crippen molar-refractivity contribution in [1.29, 1.82) is 0 Å². The van der Waals surface area contributed by atoms with Gasteiger partial charge in [0.2, 0.25) is 5.91 Å². The van der Waals surface area contributed by atoms with Gasteiger partial charge in [0.25, 0.3) is 0 Å². The summed E-state index contributed by atoms with van der Waals surface area (Å²) in [5.41, 5.74) is 1.12. The summed E-state index contributed by atoms with van der Waals surface area (Å²) < 4.78 is 0. The molecule has 5 nitrogen and oxygen atoms in total. The second-order valence-electron chi connectivity index (χ2n) is 7.62. The van der Waals surface area contributed by atoms with E-state index in [1.165, 1.54) is 0 Å². The summed E-state index contributed by atoms with van der Waals surface area (Å²) >= 11 is 0. The zero-order chi connectivity index (χ0) is 17.8. The van der Waals surface area contributed by atoms with Gasteiger partial charge in [-0.3, -0.25) is 4.79 Å². The van der Waals surface area contributed by atoms with Gasteiger partial charge < -0.3 is 15.5 Å². The van der Waals surface area contributed by atoms with Crippen LogP contribution in [-0.2, 0) is 4.79 Å². The molecule has 2 fully saturated rings. The number of piperidine rings is 1. The van der Waals surface area contributed by atoms with Gasteiger partial charge in [-0.25, -0.2) is 4.79 Å². The summed E-state index contributed by atoms with van der Waals surface area (Å²) in [5.74, 6) is 0.906. The van der Waals surface area contributed by atoms with E-state index in [2.05, 4.69) is 24.5 Å². The molecule has 25 heavy (non-hydrogen) atoms. The van der Waals surface area contributed by atoms with E-state index in [4.69, 9.17) is 0 Å². The van der Waals surface area contributed by atoms with E-state index >= 15 is 0 Å². The third kappa shape index (κ3) is 4.74. The van der Waals surface area contributed by atoms with Crippen molar-refractivity contribution in [2.45, 2.75) is 51.6 Å². The van der Waals surface area contributed by atoms with E-state index in [0.717, 1.165) is 44.3 Å². The zero-order valence-corrected chi connectivity index (χ0v) is 15.2. The molecule has 1 saturated heterocycles. The molecule has 2 aliphatic rings. The Morgan fingerprint density at radius 2 is 1.68 bits per heavy atom. The fourth-order valence-corrected chi connectivity index (χ4v) is 3.50. The van der Waals surface area contributed by atoms with Crippen LogP contribution < -0.4 is 10.6 Å². The standard InChI is InChI=1S/C20H29N3O2/c1-14(2)18(15-6-4-3-5-7-15)22-20(25)21-17-10-12-23(13-11-17)19(24)16-8-9-16/h3-7,14,16-18H,8-13H2,1-2H3,(H2,21,22,25)/t18-/m0/s1. The number of amides is 3. The first-order chi connectivity index (χ1) is 12.0. The highest BCUT2D eigenvalue weighted by Gasteiger charge is 2.35. The summed E-state index contributed by atoms with van der Waals surface area (Å²) in [7, 11) is 0. The molecule has 1 atom stereocenters. The van der Waals surface area contributed by atoms with Crippen molar-refractivity contribution < 1.29 is 9.59 Å². The van der Waals surface area contributed by atoms with Gasteiger partial charge in [-0.05, 0) is 37.2 Å². The highest BCUT2D eigenvalue weighted by atomic mass is 16.2. The number of nitrogens with one attached hydrogen (secondary N) is 2. The molecule has 2 N–H and O–H groups in total. The van der Waals surface area contributed by atoms with Crippen LogP contribution in [0, 0.1) is 11.8 Å². The van der Waals surface area contributed by atoms with Crippen molar-refractivity contribution in [3.63, 3.8) is 0 Å². The quantitative estimate of drug-likeness (QED) is 0.863. The molecule has 1 aliphatic carbocycles. The van der Waals surface area contributed by atoms with E-state index in [0.29, 0.717) is 11.8 Å². The van der Waals surface area contributed by atoms with Crippen LogP contribution in [0.4, 0.5) is 4.79 Å². The summed E-state index contributed by atoms with van der Waals surface area (Å²) in [6.45, 7) is 5.74. The van der Waals surface area contributed by atoms with Crippen LogP contribution in [0.5, 0.6) is 0 Å². The third-order valence-electron chi connectivity index (χ3n) is 5.18. The Kier molecular flexibility index (Phi) is 5.61. The van der Waals surface area contributed by atoms with Gasteiger partial charge in [0, 0.05) is 25.0 Å². The molecule has 136 valence electrons. The second kappa shape index (κ2) is 7.89. The van der Waals surface area contributed by atoms with Gasteiger partial charge in [0.1, 0.15) is 0 Å². The molecule has 5 heteroatoms. The summed E-state index contributed by atoms with van der Waals surface area (Å²) in [6, 6.07) is 10.1. The molecule has 1 heterocycles. The highest BCUT2D eigenvalue weighted by Crippen LogP contribution is 2.31. The Balaban J connectivity index is 1.48. The average molecular weight is 343 g/mol. The first-order valence-electron chi connectivity index (χ1n) is 9.45. The molecule has 0 spiro atoms. The number of rotatable bonds is 5. The monoisotopic (exact) mass is 343 g/mol. The number of carbonyl (C=O) groups excluding carboxylic acids is 2. The molecule has 3 rings (SSSR count). The molecule has 1 aromatic rings. The highest BCUT2D eigenvalue weighted by molar-refractivity contribution is 5.81. The van der Waals surface area contributed by atoms with Gasteiger partial charge in [-0.15, -0.1) is 0 Å². The number of likely N-dealkylation sites (tertiary alicyclic amines) is 1. The maximum Gasteiger partial charge on any atom is 0.315 e. The van der Waals surface area contributed by atoms with E-state index in [1.807, 2.05) is 35.2 Å². The van der Waals surface area contributed by atoms with Crippen LogP contribution in [0.1, 0.15) is 51.1 Å². The van der Waals surface area contributed by atoms with Gasteiger partial charge >= 0.3 is 6.03 Å². The minimum atomic E-state index is -0.116. The Bertz CT molecular complexity index is 590. The Morgan fingerprint density at radius 1 is 1.04 bits per heavy atom.